The van der Waals surface area contributed by atoms with Crippen LogP contribution in [-0.2, 0) is 4.79 Å². The van der Waals surface area contributed by atoms with Gasteiger partial charge in [-0.05, 0) is 44.0 Å². The van der Waals surface area contributed by atoms with Crippen LogP contribution in [-0.4, -0.2) is 18.0 Å². The van der Waals surface area contributed by atoms with Crippen LogP contribution in [0.1, 0.15) is 25.8 Å². The van der Waals surface area contributed by atoms with E-state index >= 15 is 0 Å². The number of carbonyl (C=O) groups excluding carboxylic acids is 1. The Hall–Kier alpha value is -1.62. The molecule has 1 amide bonds. The molecule has 1 aromatic carbocycles. The van der Waals surface area contributed by atoms with Crippen molar-refractivity contribution >= 4 is 28.8 Å². The van der Waals surface area contributed by atoms with Gasteiger partial charge in [-0.1, -0.05) is 19.1 Å². The lowest BCUT2D eigenvalue weighted by molar-refractivity contribution is -0.121. The maximum atomic E-state index is 12.3. The Balaban J connectivity index is 2.94. The molecule has 0 radical (unpaired) electrons. The minimum Gasteiger partial charge on any atom is -0.496 e. The fourth-order valence-electron chi connectivity index (χ4n) is 1.67. The number of rotatable bonds is 5. The highest BCUT2D eigenvalue weighted by Gasteiger charge is 2.34. The van der Waals surface area contributed by atoms with E-state index in [-0.39, 0.29) is 10.9 Å². The van der Waals surface area contributed by atoms with Crippen LogP contribution in [0.15, 0.2) is 18.2 Å². The second-order valence-electron chi connectivity index (χ2n) is 4.69. The van der Waals surface area contributed by atoms with Crippen molar-refractivity contribution in [2.75, 3.05) is 12.4 Å². The number of methoxy groups -OCH3 is 1. The van der Waals surface area contributed by atoms with E-state index in [1.54, 1.807) is 20.1 Å². The molecule has 0 aromatic heterocycles. The van der Waals surface area contributed by atoms with Crippen LogP contribution in [0.2, 0.25) is 0 Å². The Bertz CT molecular complexity index is 502. The SMILES string of the molecule is CCC(C)(C(=O)Nc1ccc(OC)c(C)c1)C(N)=S. The van der Waals surface area contributed by atoms with Crippen molar-refractivity contribution in [3.05, 3.63) is 23.8 Å². The van der Waals surface area contributed by atoms with Gasteiger partial charge in [0, 0.05) is 5.69 Å². The van der Waals surface area contributed by atoms with E-state index < -0.39 is 5.41 Å². The lowest BCUT2D eigenvalue weighted by atomic mass is 9.86. The Morgan fingerprint density at radius 3 is 2.58 bits per heavy atom. The monoisotopic (exact) mass is 280 g/mol. The van der Waals surface area contributed by atoms with Gasteiger partial charge in [-0.2, -0.15) is 0 Å². The molecule has 1 rings (SSSR count). The molecular weight excluding hydrogens is 260 g/mol. The standard InChI is InChI=1S/C14H20N2O2S/c1-5-14(3,12(15)19)13(17)16-10-6-7-11(18-4)9(2)8-10/h6-8H,5H2,1-4H3,(H2,15,19)(H,16,17). The van der Waals surface area contributed by atoms with Crippen molar-refractivity contribution in [3.63, 3.8) is 0 Å². The minimum absolute atomic E-state index is 0.188. The summed E-state index contributed by atoms with van der Waals surface area (Å²) in [6.07, 6.45) is 0.559. The predicted molar refractivity (Wildman–Crippen MR) is 81.5 cm³/mol. The van der Waals surface area contributed by atoms with Gasteiger partial charge in [-0.15, -0.1) is 0 Å². The number of nitrogens with two attached hydrogens (primary N) is 1. The molecule has 3 N–H and O–H groups in total. The molecule has 0 fully saturated rings. The number of nitrogens with one attached hydrogen (secondary N) is 1. The topological polar surface area (TPSA) is 64.3 Å². The van der Waals surface area contributed by atoms with Gasteiger partial charge >= 0.3 is 0 Å². The van der Waals surface area contributed by atoms with E-state index in [9.17, 15) is 4.79 Å². The molecule has 0 aliphatic heterocycles. The highest BCUT2D eigenvalue weighted by Crippen LogP contribution is 2.26. The van der Waals surface area contributed by atoms with Crippen molar-refractivity contribution in [1.82, 2.24) is 0 Å². The second-order valence-corrected chi connectivity index (χ2v) is 5.13. The van der Waals surface area contributed by atoms with Crippen molar-refractivity contribution in [3.8, 4) is 5.75 Å². The molecule has 0 heterocycles. The van der Waals surface area contributed by atoms with Gasteiger partial charge < -0.3 is 15.8 Å². The Morgan fingerprint density at radius 2 is 2.16 bits per heavy atom. The van der Waals surface area contributed by atoms with Gasteiger partial charge in [-0.3, -0.25) is 4.79 Å². The largest absolute Gasteiger partial charge is 0.496 e. The van der Waals surface area contributed by atoms with Gasteiger partial charge in [0.2, 0.25) is 5.91 Å². The molecule has 0 bridgehead atoms. The number of ether oxygens (including phenoxy) is 1. The zero-order valence-corrected chi connectivity index (χ0v) is 12.6. The molecule has 104 valence electrons. The number of hydrogen-bond acceptors (Lipinski definition) is 3. The maximum absolute atomic E-state index is 12.3. The van der Waals surface area contributed by atoms with Crippen LogP contribution in [0, 0.1) is 12.3 Å². The fourth-order valence-corrected chi connectivity index (χ4v) is 1.91. The summed E-state index contributed by atoms with van der Waals surface area (Å²) in [6.45, 7) is 5.56. The second kappa shape index (κ2) is 6.02. The van der Waals surface area contributed by atoms with Crippen LogP contribution in [0.4, 0.5) is 5.69 Å². The van der Waals surface area contributed by atoms with Gasteiger partial charge in [0.25, 0.3) is 0 Å². The first-order chi connectivity index (χ1) is 8.85. The summed E-state index contributed by atoms with van der Waals surface area (Å²) < 4.78 is 5.18. The summed E-state index contributed by atoms with van der Waals surface area (Å²) in [5.41, 5.74) is 6.49. The first-order valence-corrected chi connectivity index (χ1v) is 6.52. The third kappa shape index (κ3) is 3.23. The molecule has 0 aliphatic carbocycles. The van der Waals surface area contributed by atoms with Crippen LogP contribution in [0.3, 0.4) is 0 Å². The molecular formula is C14H20N2O2S. The molecule has 0 saturated heterocycles. The summed E-state index contributed by atoms with van der Waals surface area (Å²) in [7, 11) is 1.61. The summed E-state index contributed by atoms with van der Waals surface area (Å²) in [6, 6.07) is 5.46. The molecule has 1 aromatic rings. The van der Waals surface area contributed by atoms with Gasteiger partial charge in [0.05, 0.1) is 17.5 Å². The molecule has 1 unspecified atom stereocenters. The number of thiocarbonyl (C=S) groups is 1. The highest BCUT2D eigenvalue weighted by atomic mass is 32.1. The minimum atomic E-state index is -0.830. The van der Waals surface area contributed by atoms with Crippen LogP contribution in [0.25, 0.3) is 0 Å². The third-order valence-electron chi connectivity index (χ3n) is 3.40. The Kier molecular flexibility index (Phi) is 4.89. The van der Waals surface area contributed by atoms with Crippen LogP contribution in [0.5, 0.6) is 5.75 Å². The highest BCUT2D eigenvalue weighted by molar-refractivity contribution is 7.80. The number of aryl methyl sites for hydroxylation is 1. The van der Waals surface area contributed by atoms with E-state index in [1.807, 2.05) is 26.0 Å². The lowest BCUT2D eigenvalue weighted by Crippen LogP contribution is -2.43. The van der Waals surface area contributed by atoms with Crippen LogP contribution < -0.4 is 15.8 Å². The predicted octanol–water partition coefficient (Wildman–Crippen LogP) is 2.64. The van der Waals surface area contributed by atoms with E-state index in [1.165, 1.54) is 0 Å². The molecule has 4 nitrogen and oxygen atoms in total. The number of anilines is 1. The molecule has 5 heteroatoms. The fraction of sp³-hybridized carbons (Fsp3) is 0.429. The van der Waals surface area contributed by atoms with Gasteiger partial charge in [0.1, 0.15) is 5.75 Å². The number of hydrogen-bond donors (Lipinski definition) is 2. The summed E-state index contributed by atoms with van der Waals surface area (Å²) in [5, 5.41) is 2.84. The summed E-state index contributed by atoms with van der Waals surface area (Å²) >= 11 is 4.98. The molecule has 0 saturated carbocycles. The zero-order valence-electron chi connectivity index (χ0n) is 11.7. The summed E-state index contributed by atoms with van der Waals surface area (Å²) in [4.78, 5) is 12.5. The van der Waals surface area contributed by atoms with E-state index in [2.05, 4.69) is 5.32 Å². The van der Waals surface area contributed by atoms with Crippen molar-refractivity contribution < 1.29 is 9.53 Å². The molecule has 19 heavy (non-hydrogen) atoms. The molecule has 0 spiro atoms. The van der Waals surface area contributed by atoms with Crippen LogP contribution >= 0.6 is 12.2 Å². The third-order valence-corrected chi connectivity index (χ3v) is 3.86. The molecule has 0 aliphatic rings. The van der Waals surface area contributed by atoms with Crippen molar-refractivity contribution in [1.29, 1.82) is 0 Å². The number of benzene rings is 1. The average Bonchev–Trinajstić information content (AvgIpc) is 2.37. The average molecular weight is 280 g/mol. The zero-order chi connectivity index (χ0) is 14.6. The van der Waals surface area contributed by atoms with E-state index in [0.29, 0.717) is 12.1 Å². The van der Waals surface area contributed by atoms with Crippen molar-refractivity contribution in [2.24, 2.45) is 11.1 Å². The lowest BCUT2D eigenvalue weighted by Gasteiger charge is -2.25. The van der Waals surface area contributed by atoms with E-state index in [0.717, 1.165) is 11.3 Å². The number of amides is 1. The molecule has 1 atom stereocenters. The smallest absolute Gasteiger partial charge is 0.237 e. The van der Waals surface area contributed by atoms with Gasteiger partial charge in [0.15, 0.2) is 0 Å². The first-order valence-electron chi connectivity index (χ1n) is 6.11. The summed E-state index contributed by atoms with van der Waals surface area (Å²) in [5.74, 6) is 0.595. The van der Waals surface area contributed by atoms with E-state index in [4.69, 9.17) is 22.7 Å². The maximum Gasteiger partial charge on any atom is 0.237 e. The quantitative estimate of drug-likeness (QED) is 0.814. The first kappa shape index (κ1) is 15.4. The Morgan fingerprint density at radius 1 is 1.53 bits per heavy atom. The normalized spacial score (nSPS) is 13.5. The van der Waals surface area contributed by atoms with Gasteiger partial charge in [-0.25, -0.2) is 0 Å². The number of carbonyl (C=O) groups is 1. The Labute approximate surface area is 119 Å². The van der Waals surface area contributed by atoms with Crippen molar-refractivity contribution in [2.45, 2.75) is 27.2 Å².